The van der Waals surface area contributed by atoms with E-state index in [1.807, 2.05) is 32.4 Å². The Balaban J connectivity index is 2.48. The highest BCUT2D eigenvalue weighted by Gasteiger charge is 2.51. The van der Waals surface area contributed by atoms with Crippen molar-refractivity contribution in [3.8, 4) is 6.07 Å². The van der Waals surface area contributed by atoms with Crippen LogP contribution in [0, 0.1) is 11.3 Å². The van der Waals surface area contributed by atoms with Crippen LogP contribution in [0.4, 0.5) is 0 Å². The summed E-state index contributed by atoms with van der Waals surface area (Å²) in [6.45, 7) is 11.7. The van der Waals surface area contributed by atoms with E-state index in [0.717, 1.165) is 4.57 Å². The highest BCUT2D eigenvalue weighted by Crippen LogP contribution is 2.52. The number of ether oxygens (including phenoxy) is 3. The lowest BCUT2D eigenvalue weighted by Crippen LogP contribution is -2.41. The number of nitrogens with one attached hydrogen (secondary N) is 1. The lowest BCUT2D eigenvalue weighted by Gasteiger charge is -2.38. The van der Waals surface area contributed by atoms with E-state index in [0.29, 0.717) is 0 Å². The van der Waals surface area contributed by atoms with Gasteiger partial charge in [0.1, 0.15) is 12.2 Å². The fraction of sp³-hybridized carbons (Fsp3) is 0.783. The normalized spacial score (nSPS) is 22.6. The number of rotatable bonds is 17. The summed E-state index contributed by atoms with van der Waals surface area (Å²) in [5.41, 5.74) is -1.29. The predicted molar refractivity (Wildman–Crippen MR) is 143 cm³/mol. The number of nitrogens with zero attached hydrogens (tertiary/aromatic N) is 3. The summed E-state index contributed by atoms with van der Waals surface area (Å²) in [6.07, 6.45) is -3.18. The fourth-order valence-electron chi connectivity index (χ4n) is 4.02. The van der Waals surface area contributed by atoms with Gasteiger partial charge in [-0.3, -0.25) is 18.9 Å². The van der Waals surface area contributed by atoms with E-state index in [4.69, 9.17) is 37.6 Å². The maximum absolute atomic E-state index is 13.1. The second-order valence-electron chi connectivity index (χ2n) is 8.97. The molecule has 2 heterocycles. The smallest absolute Gasteiger partial charge is 0.356 e. The van der Waals surface area contributed by atoms with Crippen molar-refractivity contribution in [2.45, 2.75) is 84.8 Å². The molecule has 1 aromatic heterocycles. The van der Waals surface area contributed by atoms with Gasteiger partial charge in [0.2, 0.25) is 0 Å². The minimum absolute atomic E-state index is 0.00891. The van der Waals surface area contributed by atoms with Gasteiger partial charge in [0.05, 0.1) is 32.3 Å². The molecule has 0 aromatic carbocycles. The third-order valence-corrected chi connectivity index (χ3v) is 9.36. The second-order valence-corrected chi connectivity index (χ2v) is 12.4. The van der Waals surface area contributed by atoms with Crippen LogP contribution in [0.3, 0.4) is 0 Å². The molecule has 0 amide bonds. The topological polar surface area (TPSA) is 164 Å². The average molecular weight is 595 g/mol. The van der Waals surface area contributed by atoms with Crippen LogP contribution in [-0.4, -0.2) is 78.1 Å². The Morgan fingerprint density at radius 1 is 1.18 bits per heavy atom. The Morgan fingerprint density at radius 2 is 1.82 bits per heavy atom. The van der Waals surface area contributed by atoms with E-state index >= 15 is 0 Å². The third-order valence-electron chi connectivity index (χ3n) is 5.47. The van der Waals surface area contributed by atoms with Crippen molar-refractivity contribution in [1.82, 2.24) is 14.2 Å². The predicted octanol–water partition coefficient (Wildman–Crippen LogP) is 3.31. The summed E-state index contributed by atoms with van der Waals surface area (Å²) < 4.78 is 57.2. The molecule has 16 heteroatoms. The zero-order valence-corrected chi connectivity index (χ0v) is 25.3. The quantitative estimate of drug-likeness (QED) is 0.207. The summed E-state index contributed by atoms with van der Waals surface area (Å²) in [5, 5.41) is 9.04. The van der Waals surface area contributed by atoms with Crippen molar-refractivity contribution in [3.63, 3.8) is 0 Å². The van der Waals surface area contributed by atoms with Gasteiger partial charge in [0.25, 0.3) is 14.1 Å². The summed E-state index contributed by atoms with van der Waals surface area (Å²) in [5.74, 6) is 0. The summed E-state index contributed by atoms with van der Waals surface area (Å²) in [7, 11) is -3.98. The van der Waals surface area contributed by atoms with Gasteiger partial charge in [-0.15, -0.1) is 0 Å². The van der Waals surface area contributed by atoms with E-state index in [2.05, 4.69) is 11.1 Å². The van der Waals surface area contributed by atoms with E-state index in [1.165, 1.54) is 19.4 Å². The Morgan fingerprint density at radius 3 is 2.33 bits per heavy atom. The van der Waals surface area contributed by atoms with Crippen LogP contribution in [0.1, 0.15) is 54.2 Å². The zero-order chi connectivity index (χ0) is 29.2. The molecule has 222 valence electrons. The number of H-pyrrole nitrogens is 1. The lowest BCUT2D eigenvalue weighted by atomic mass is 10.2. The van der Waals surface area contributed by atoms with Crippen LogP contribution >= 0.6 is 16.1 Å². The molecule has 14 nitrogen and oxygen atoms in total. The average Bonchev–Trinajstić information content (AvgIpc) is 3.19. The van der Waals surface area contributed by atoms with E-state index in [1.54, 1.807) is 13.8 Å². The third kappa shape index (κ3) is 9.26. The number of hydrogen-bond acceptors (Lipinski definition) is 12. The molecule has 1 saturated heterocycles. The maximum Gasteiger partial charge on any atom is 0.356 e. The van der Waals surface area contributed by atoms with Crippen LogP contribution in [0.15, 0.2) is 21.9 Å². The van der Waals surface area contributed by atoms with Crippen molar-refractivity contribution in [1.29, 1.82) is 5.26 Å². The Kier molecular flexibility index (Phi) is 13.9. The summed E-state index contributed by atoms with van der Waals surface area (Å²) in [4.78, 5) is 26.5. The van der Waals surface area contributed by atoms with Crippen LogP contribution in [0.5, 0.6) is 0 Å². The van der Waals surface area contributed by atoms with Gasteiger partial charge in [0, 0.05) is 31.5 Å². The second kappa shape index (κ2) is 16.1. The first kappa shape index (κ1) is 33.7. The monoisotopic (exact) mass is 594 g/mol. The first-order chi connectivity index (χ1) is 18.5. The minimum atomic E-state index is -3.63. The fourth-order valence-corrected chi connectivity index (χ4v) is 7.10. The standard InChI is InChI=1S/C23H40N4O10P2/c1-8-34-39(30,35-9-2)15-32-22-20(37-38(33-14-10-12-24)27(16(3)4)17(5)6)19(31-7)21(36-22)26-13-11-18(28)25-23(26)29/h11,13,16-17,19-22H,8-10,14-15H2,1-7H3,(H,25,28,29). The Labute approximate surface area is 229 Å². The zero-order valence-electron chi connectivity index (χ0n) is 23.5. The van der Waals surface area contributed by atoms with Gasteiger partial charge >= 0.3 is 13.3 Å². The molecule has 1 N–H and O–H groups in total. The molecule has 0 bridgehead atoms. The lowest BCUT2D eigenvalue weighted by molar-refractivity contribution is -0.166. The largest absolute Gasteiger partial charge is 0.374 e. The van der Waals surface area contributed by atoms with Crippen LogP contribution < -0.4 is 11.2 Å². The van der Waals surface area contributed by atoms with E-state index < -0.39 is 58.4 Å². The molecular weight excluding hydrogens is 554 g/mol. The number of nitriles is 1. The molecule has 0 radical (unpaired) electrons. The highest BCUT2D eigenvalue weighted by molar-refractivity contribution is 7.53. The van der Waals surface area contributed by atoms with Crippen LogP contribution in [0.25, 0.3) is 0 Å². The van der Waals surface area contributed by atoms with Gasteiger partial charge in [-0.1, -0.05) is 0 Å². The van der Waals surface area contributed by atoms with Gasteiger partial charge < -0.3 is 32.3 Å². The molecule has 1 aromatic rings. The number of aromatic nitrogens is 2. The van der Waals surface area contributed by atoms with Gasteiger partial charge in [-0.05, 0) is 41.5 Å². The molecule has 0 spiro atoms. The minimum Gasteiger partial charge on any atom is -0.374 e. The molecule has 2 rings (SSSR count). The first-order valence-corrected chi connectivity index (χ1v) is 15.6. The van der Waals surface area contributed by atoms with Crippen molar-refractivity contribution < 1.29 is 36.9 Å². The van der Waals surface area contributed by atoms with Gasteiger partial charge in [0.15, 0.2) is 18.9 Å². The molecule has 0 saturated carbocycles. The van der Waals surface area contributed by atoms with Crippen molar-refractivity contribution in [2.75, 3.05) is 33.3 Å². The molecule has 1 aliphatic heterocycles. The van der Waals surface area contributed by atoms with Crippen LogP contribution in [-0.2, 0) is 36.9 Å². The highest BCUT2D eigenvalue weighted by atomic mass is 31.2. The first-order valence-electron chi connectivity index (χ1n) is 12.8. The molecule has 1 fully saturated rings. The number of methoxy groups -OCH3 is 1. The van der Waals surface area contributed by atoms with Gasteiger partial charge in [-0.2, -0.15) is 5.26 Å². The van der Waals surface area contributed by atoms with Crippen molar-refractivity contribution >= 4 is 16.1 Å². The molecule has 0 aliphatic carbocycles. The molecule has 39 heavy (non-hydrogen) atoms. The summed E-state index contributed by atoms with van der Waals surface area (Å²) >= 11 is 0. The van der Waals surface area contributed by atoms with E-state index in [-0.39, 0.29) is 38.3 Å². The molecule has 1 aliphatic rings. The van der Waals surface area contributed by atoms with Crippen molar-refractivity contribution in [2.24, 2.45) is 0 Å². The van der Waals surface area contributed by atoms with Gasteiger partial charge in [-0.25, -0.2) is 9.46 Å². The van der Waals surface area contributed by atoms with E-state index in [9.17, 15) is 14.2 Å². The molecule has 5 unspecified atom stereocenters. The Bertz CT molecular complexity index is 1070. The van der Waals surface area contributed by atoms with Crippen molar-refractivity contribution in [3.05, 3.63) is 33.1 Å². The molecule has 5 atom stereocenters. The number of hydrogen-bond donors (Lipinski definition) is 1. The maximum atomic E-state index is 13.1. The van der Waals surface area contributed by atoms with Crippen LogP contribution in [0.2, 0.25) is 0 Å². The molecular formula is C23H40N4O10P2. The summed E-state index contributed by atoms with van der Waals surface area (Å²) in [6, 6.07) is 3.25. The Hall–Kier alpha value is -1.49. The SMILES string of the molecule is CCOP(=O)(COC1OC(n2ccc(=O)[nH]c2=O)C(OC)C1OP(OCCC#N)N(C(C)C)C(C)C)OCC. The number of aromatic amines is 1.